The van der Waals surface area contributed by atoms with Crippen LogP contribution >= 0.6 is 23.4 Å². The Morgan fingerprint density at radius 3 is 2.50 bits per heavy atom. The fourth-order valence-electron chi connectivity index (χ4n) is 2.97. The molecule has 0 saturated heterocycles. The van der Waals surface area contributed by atoms with Crippen molar-refractivity contribution in [1.82, 2.24) is 20.1 Å². The fraction of sp³-hybridized carbons (Fsp3) is 0.182. The summed E-state index contributed by atoms with van der Waals surface area (Å²) in [5.41, 5.74) is 0.848. The highest BCUT2D eigenvalue weighted by Gasteiger charge is 2.20. The van der Waals surface area contributed by atoms with Gasteiger partial charge in [0.2, 0.25) is 5.91 Å². The number of rotatable bonds is 10. The monoisotopic (exact) mass is 500 g/mol. The zero-order valence-electron chi connectivity index (χ0n) is 18.1. The first-order valence-corrected chi connectivity index (χ1v) is 11.4. The van der Waals surface area contributed by atoms with Crippen LogP contribution in [0.4, 0.5) is 11.4 Å². The van der Waals surface area contributed by atoms with Gasteiger partial charge >= 0.3 is 0 Å². The van der Waals surface area contributed by atoms with E-state index in [9.17, 15) is 19.7 Å². The van der Waals surface area contributed by atoms with Gasteiger partial charge in [-0.2, -0.15) is 0 Å². The van der Waals surface area contributed by atoms with Crippen molar-refractivity contribution in [2.24, 2.45) is 0 Å². The number of hydrogen-bond acceptors (Lipinski definition) is 7. The van der Waals surface area contributed by atoms with Crippen molar-refractivity contribution in [2.75, 3.05) is 11.1 Å². The summed E-state index contributed by atoms with van der Waals surface area (Å²) in [7, 11) is 0. The molecule has 0 spiro atoms. The van der Waals surface area contributed by atoms with Crippen molar-refractivity contribution in [3.63, 3.8) is 0 Å². The van der Waals surface area contributed by atoms with E-state index in [0.717, 1.165) is 0 Å². The first kappa shape index (κ1) is 24.9. The number of nitro benzene ring substituents is 1. The molecule has 10 nitrogen and oxygen atoms in total. The lowest BCUT2D eigenvalue weighted by molar-refractivity contribution is -0.384. The second-order valence-corrected chi connectivity index (χ2v) is 8.46. The van der Waals surface area contributed by atoms with E-state index >= 15 is 0 Å². The molecule has 176 valence electrons. The van der Waals surface area contributed by atoms with Gasteiger partial charge in [-0.15, -0.1) is 16.8 Å². The topological polar surface area (TPSA) is 132 Å². The van der Waals surface area contributed by atoms with Gasteiger partial charge in [-0.3, -0.25) is 19.7 Å². The SMILES string of the molecule is C=CCn1c(SCC(=O)Nc2ccc([N+](=O)[O-])cc2)nnc1[C@@H](C)NC(=O)c1ccc(Cl)cc1. The zero-order valence-corrected chi connectivity index (χ0v) is 19.7. The number of anilines is 1. The van der Waals surface area contributed by atoms with Gasteiger partial charge in [0.1, 0.15) is 0 Å². The Kier molecular flexibility index (Phi) is 8.39. The van der Waals surface area contributed by atoms with Crippen LogP contribution in [0.15, 0.2) is 66.3 Å². The molecule has 2 N–H and O–H groups in total. The van der Waals surface area contributed by atoms with Crippen LogP contribution < -0.4 is 10.6 Å². The molecular weight excluding hydrogens is 480 g/mol. The molecule has 0 aliphatic carbocycles. The van der Waals surface area contributed by atoms with Gasteiger partial charge < -0.3 is 15.2 Å². The third kappa shape index (κ3) is 6.42. The van der Waals surface area contributed by atoms with Crippen LogP contribution in [0.3, 0.4) is 0 Å². The first-order valence-electron chi connectivity index (χ1n) is 10.1. The quantitative estimate of drug-likeness (QED) is 0.184. The molecule has 2 aromatic carbocycles. The number of non-ortho nitro benzene ring substituents is 1. The van der Waals surface area contributed by atoms with Gasteiger partial charge in [0, 0.05) is 35.0 Å². The van der Waals surface area contributed by atoms with Crippen LogP contribution in [0.5, 0.6) is 0 Å². The lowest BCUT2D eigenvalue weighted by atomic mass is 10.2. The second-order valence-electron chi connectivity index (χ2n) is 7.08. The number of thioether (sulfide) groups is 1. The van der Waals surface area contributed by atoms with E-state index in [-0.39, 0.29) is 23.3 Å². The van der Waals surface area contributed by atoms with Crippen molar-refractivity contribution < 1.29 is 14.5 Å². The summed E-state index contributed by atoms with van der Waals surface area (Å²) in [6, 6.07) is 11.6. The lowest BCUT2D eigenvalue weighted by Gasteiger charge is -2.15. The van der Waals surface area contributed by atoms with E-state index in [1.54, 1.807) is 41.8 Å². The number of aromatic nitrogens is 3. The summed E-state index contributed by atoms with van der Waals surface area (Å²) in [6.45, 7) is 5.92. The molecule has 0 aliphatic heterocycles. The Labute approximate surface area is 204 Å². The molecule has 0 aliphatic rings. The van der Waals surface area contributed by atoms with Crippen LogP contribution in [0.2, 0.25) is 5.02 Å². The third-order valence-electron chi connectivity index (χ3n) is 4.59. The maximum absolute atomic E-state index is 12.5. The summed E-state index contributed by atoms with van der Waals surface area (Å²) in [5, 5.41) is 25.7. The Morgan fingerprint density at radius 2 is 1.88 bits per heavy atom. The maximum atomic E-state index is 12.5. The van der Waals surface area contributed by atoms with Gasteiger partial charge in [0.05, 0.1) is 16.7 Å². The van der Waals surface area contributed by atoms with E-state index in [2.05, 4.69) is 27.4 Å². The number of amides is 2. The van der Waals surface area contributed by atoms with Gasteiger partial charge in [-0.1, -0.05) is 29.4 Å². The molecule has 12 heteroatoms. The molecular formula is C22H21ClN6O4S. The number of carbonyl (C=O) groups excluding carboxylic acids is 2. The molecule has 2 amide bonds. The summed E-state index contributed by atoms with van der Waals surface area (Å²) < 4.78 is 1.77. The van der Waals surface area contributed by atoms with Gasteiger partial charge in [0.25, 0.3) is 11.6 Å². The van der Waals surface area contributed by atoms with E-state index < -0.39 is 11.0 Å². The Morgan fingerprint density at radius 1 is 1.21 bits per heavy atom. The predicted molar refractivity (Wildman–Crippen MR) is 130 cm³/mol. The highest BCUT2D eigenvalue weighted by Crippen LogP contribution is 2.22. The maximum Gasteiger partial charge on any atom is 0.269 e. The summed E-state index contributed by atoms with van der Waals surface area (Å²) in [6.07, 6.45) is 1.67. The van der Waals surface area contributed by atoms with Crippen LogP contribution in [0, 0.1) is 10.1 Å². The predicted octanol–water partition coefficient (Wildman–Crippen LogP) is 4.25. The van der Waals surface area contributed by atoms with Crippen molar-refractivity contribution in [2.45, 2.75) is 24.7 Å². The fourth-order valence-corrected chi connectivity index (χ4v) is 3.85. The molecule has 1 atom stereocenters. The smallest absolute Gasteiger partial charge is 0.269 e. The van der Waals surface area contributed by atoms with Crippen molar-refractivity contribution >= 4 is 46.6 Å². The van der Waals surface area contributed by atoms with Crippen molar-refractivity contribution in [3.8, 4) is 0 Å². The molecule has 0 radical (unpaired) electrons. The number of allylic oxidation sites excluding steroid dienone is 1. The van der Waals surface area contributed by atoms with Gasteiger partial charge in [0.15, 0.2) is 11.0 Å². The highest BCUT2D eigenvalue weighted by molar-refractivity contribution is 7.99. The molecule has 34 heavy (non-hydrogen) atoms. The Hall–Kier alpha value is -3.70. The lowest BCUT2D eigenvalue weighted by Crippen LogP contribution is -2.28. The largest absolute Gasteiger partial charge is 0.342 e. The van der Waals surface area contributed by atoms with E-state index in [4.69, 9.17) is 11.6 Å². The second kappa shape index (κ2) is 11.4. The minimum Gasteiger partial charge on any atom is -0.342 e. The summed E-state index contributed by atoms with van der Waals surface area (Å²) >= 11 is 7.04. The molecule has 0 unspecified atom stereocenters. The Bertz CT molecular complexity index is 1200. The first-order chi connectivity index (χ1) is 16.3. The van der Waals surface area contributed by atoms with Crippen LogP contribution in [-0.2, 0) is 11.3 Å². The molecule has 0 fully saturated rings. The average Bonchev–Trinajstić information content (AvgIpc) is 3.21. The zero-order chi connectivity index (χ0) is 24.7. The molecule has 0 bridgehead atoms. The molecule has 3 aromatic rings. The standard InChI is InChI=1S/C22H21ClN6O4S/c1-3-12-28-20(14(2)24-21(31)15-4-6-16(23)7-5-15)26-27-22(28)34-13-19(30)25-17-8-10-18(11-9-17)29(32)33/h3-11,14H,1,12-13H2,2H3,(H,24,31)(H,25,30)/t14-/m1/s1. The van der Waals surface area contributed by atoms with Crippen molar-refractivity contribution in [1.29, 1.82) is 0 Å². The Balaban J connectivity index is 1.63. The number of nitrogens with zero attached hydrogens (tertiary/aromatic N) is 4. The van der Waals surface area contributed by atoms with Gasteiger partial charge in [-0.25, -0.2) is 0 Å². The van der Waals surface area contributed by atoms with E-state index in [1.165, 1.54) is 36.0 Å². The van der Waals surface area contributed by atoms with Crippen LogP contribution in [0.1, 0.15) is 29.1 Å². The van der Waals surface area contributed by atoms with E-state index in [1.807, 2.05) is 0 Å². The van der Waals surface area contributed by atoms with Crippen LogP contribution in [-0.4, -0.2) is 37.3 Å². The molecule has 1 heterocycles. The summed E-state index contributed by atoms with van der Waals surface area (Å²) in [4.78, 5) is 35.1. The molecule has 3 rings (SSSR count). The average molecular weight is 501 g/mol. The number of hydrogen-bond donors (Lipinski definition) is 2. The number of halogens is 1. The minimum absolute atomic E-state index is 0.0395. The highest BCUT2D eigenvalue weighted by atomic mass is 35.5. The molecule has 1 aromatic heterocycles. The van der Waals surface area contributed by atoms with Crippen LogP contribution in [0.25, 0.3) is 0 Å². The third-order valence-corrected chi connectivity index (χ3v) is 5.81. The summed E-state index contributed by atoms with van der Waals surface area (Å²) in [5.74, 6) is -0.0373. The normalized spacial score (nSPS) is 11.5. The van der Waals surface area contributed by atoms with Gasteiger partial charge in [-0.05, 0) is 43.3 Å². The number of nitro groups is 1. The number of benzene rings is 2. The number of nitrogens with one attached hydrogen (secondary N) is 2. The van der Waals surface area contributed by atoms with Crippen molar-refractivity contribution in [3.05, 3.63) is 87.7 Å². The number of carbonyl (C=O) groups is 2. The van der Waals surface area contributed by atoms with E-state index in [0.29, 0.717) is 33.8 Å². The minimum atomic E-state index is -0.510. The molecule has 0 saturated carbocycles.